The zero-order chi connectivity index (χ0) is 16.2. The first-order chi connectivity index (χ1) is 10.5. The smallest absolute Gasteiger partial charge is 0.312 e. The Bertz CT molecular complexity index is 519. The maximum atomic E-state index is 11.6. The topological polar surface area (TPSA) is 70.0 Å². The van der Waals surface area contributed by atoms with Gasteiger partial charge in [-0.15, -0.1) is 0 Å². The van der Waals surface area contributed by atoms with Gasteiger partial charge in [-0.2, -0.15) is 0 Å². The number of para-hydroxylation sites is 1. The first kappa shape index (κ1) is 16.8. The highest BCUT2D eigenvalue weighted by Gasteiger charge is 2.47. The van der Waals surface area contributed by atoms with Crippen LogP contribution in [0.15, 0.2) is 24.3 Å². The number of benzene rings is 1. The lowest BCUT2D eigenvalue weighted by Crippen LogP contribution is -2.54. The highest BCUT2D eigenvalue weighted by molar-refractivity contribution is 5.75. The summed E-state index contributed by atoms with van der Waals surface area (Å²) in [7, 11) is 1.64. The van der Waals surface area contributed by atoms with Crippen molar-refractivity contribution in [2.24, 2.45) is 5.41 Å². The van der Waals surface area contributed by atoms with Crippen molar-refractivity contribution in [3.8, 4) is 5.75 Å². The van der Waals surface area contributed by atoms with Crippen molar-refractivity contribution in [3.63, 3.8) is 0 Å². The normalized spacial score (nSPS) is 25.9. The van der Waals surface area contributed by atoms with E-state index in [-0.39, 0.29) is 0 Å². The summed E-state index contributed by atoms with van der Waals surface area (Å²) in [6.45, 7) is 3.66. The van der Waals surface area contributed by atoms with Gasteiger partial charge in [-0.25, -0.2) is 0 Å². The van der Waals surface area contributed by atoms with E-state index in [4.69, 9.17) is 4.74 Å². The molecule has 1 heterocycles. The zero-order valence-corrected chi connectivity index (χ0v) is 13.3. The molecule has 1 aliphatic rings. The van der Waals surface area contributed by atoms with Crippen molar-refractivity contribution in [3.05, 3.63) is 29.8 Å². The van der Waals surface area contributed by atoms with Gasteiger partial charge in [0, 0.05) is 18.7 Å². The molecular weight excluding hydrogens is 282 g/mol. The maximum Gasteiger partial charge on any atom is 0.312 e. The van der Waals surface area contributed by atoms with Crippen LogP contribution in [0.4, 0.5) is 0 Å². The van der Waals surface area contributed by atoms with Gasteiger partial charge in [0.25, 0.3) is 0 Å². The minimum Gasteiger partial charge on any atom is -0.496 e. The summed E-state index contributed by atoms with van der Waals surface area (Å²) < 4.78 is 5.35. The summed E-state index contributed by atoms with van der Waals surface area (Å²) in [5, 5.41) is 20.0. The van der Waals surface area contributed by atoms with Gasteiger partial charge in [-0.1, -0.05) is 31.5 Å². The molecule has 5 heteroatoms. The third kappa shape index (κ3) is 3.25. The number of carboxylic acids is 1. The first-order valence-corrected chi connectivity index (χ1v) is 7.79. The lowest BCUT2D eigenvalue weighted by Gasteiger charge is -2.42. The second kappa shape index (κ2) is 7.11. The van der Waals surface area contributed by atoms with E-state index in [2.05, 4.69) is 4.90 Å². The molecule has 1 aliphatic heterocycles. The number of methoxy groups -OCH3 is 1. The Labute approximate surface area is 131 Å². The minimum atomic E-state index is -0.994. The van der Waals surface area contributed by atoms with E-state index in [1.807, 2.05) is 31.2 Å². The standard InChI is InChI=1S/C17H25NO4/c1-3-8-17(16(20)21)9-10-18(12-15(17)19)11-13-6-4-5-7-14(13)22-2/h4-7,15,19H,3,8-12H2,1-2H3,(H,20,21)/t15-,17+/m1/s1. The molecule has 0 radical (unpaired) electrons. The Morgan fingerprint density at radius 1 is 1.45 bits per heavy atom. The number of ether oxygens (including phenoxy) is 1. The van der Waals surface area contributed by atoms with E-state index in [0.29, 0.717) is 32.5 Å². The van der Waals surface area contributed by atoms with Gasteiger partial charge in [0.2, 0.25) is 0 Å². The molecule has 22 heavy (non-hydrogen) atoms. The van der Waals surface area contributed by atoms with Crippen LogP contribution < -0.4 is 4.74 Å². The molecule has 0 saturated carbocycles. The molecule has 0 bridgehead atoms. The molecule has 1 fully saturated rings. The number of aliphatic hydroxyl groups is 1. The number of β-amino-alcohol motifs (C(OH)–C–C–N with tert-alkyl or cyclic N) is 1. The molecule has 2 rings (SSSR count). The number of rotatable bonds is 6. The average molecular weight is 307 g/mol. The van der Waals surface area contributed by atoms with Crippen LogP contribution >= 0.6 is 0 Å². The van der Waals surface area contributed by atoms with E-state index in [1.54, 1.807) is 7.11 Å². The quantitative estimate of drug-likeness (QED) is 0.842. The molecule has 2 atom stereocenters. The lowest BCUT2D eigenvalue weighted by atomic mass is 9.73. The molecule has 0 spiro atoms. The molecule has 0 aromatic heterocycles. The number of carbonyl (C=O) groups is 1. The predicted molar refractivity (Wildman–Crippen MR) is 83.9 cm³/mol. The number of aliphatic hydroxyl groups excluding tert-OH is 1. The Morgan fingerprint density at radius 3 is 2.77 bits per heavy atom. The third-order valence-electron chi connectivity index (χ3n) is 4.65. The lowest BCUT2D eigenvalue weighted by molar-refractivity contribution is -0.164. The molecule has 5 nitrogen and oxygen atoms in total. The number of carboxylic acid groups (broad SMARTS) is 1. The Balaban J connectivity index is 2.08. The van der Waals surface area contributed by atoms with Crippen LogP contribution in [0.2, 0.25) is 0 Å². The van der Waals surface area contributed by atoms with E-state index in [1.165, 1.54) is 0 Å². The van der Waals surface area contributed by atoms with E-state index in [0.717, 1.165) is 17.7 Å². The monoisotopic (exact) mass is 307 g/mol. The largest absolute Gasteiger partial charge is 0.496 e. The second-order valence-electron chi connectivity index (χ2n) is 6.02. The van der Waals surface area contributed by atoms with Crippen molar-refractivity contribution in [2.75, 3.05) is 20.2 Å². The number of piperidine rings is 1. The number of nitrogens with zero attached hydrogens (tertiary/aromatic N) is 1. The van der Waals surface area contributed by atoms with Crippen molar-refractivity contribution in [1.82, 2.24) is 4.90 Å². The molecule has 1 aromatic carbocycles. The summed E-state index contributed by atoms with van der Waals surface area (Å²) in [5.74, 6) is -0.0561. The van der Waals surface area contributed by atoms with Crippen LogP contribution in [0.3, 0.4) is 0 Å². The van der Waals surface area contributed by atoms with Gasteiger partial charge in [0.15, 0.2) is 0 Å². The van der Waals surface area contributed by atoms with Crippen LogP contribution in [0.25, 0.3) is 0 Å². The summed E-state index contributed by atoms with van der Waals surface area (Å²) in [6, 6.07) is 7.78. The van der Waals surface area contributed by atoms with Gasteiger partial charge in [0.05, 0.1) is 18.6 Å². The van der Waals surface area contributed by atoms with Gasteiger partial charge in [0.1, 0.15) is 5.75 Å². The highest BCUT2D eigenvalue weighted by Crippen LogP contribution is 2.37. The Hall–Kier alpha value is -1.59. The maximum absolute atomic E-state index is 11.6. The molecule has 0 amide bonds. The fourth-order valence-corrected chi connectivity index (χ4v) is 3.35. The molecule has 2 N–H and O–H groups in total. The second-order valence-corrected chi connectivity index (χ2v) is 6.02. The van der Waals surface area contributed by atoms with Crippen LogP contribution in [-0.4, -0.2) is 47.4 Å². The molecule has 1 saturated heterocycles. The SMILES string of the molecule is CCC[C@]1(C(=O)O)CCN(Cc2ccccc2OC)C[C@H]1O. The number of likely N-dealkylation sites (tertiary alicyclic amines) is 1. The molecule has 122 valence electrons. The summed E-state index contributed by atoms with van der Waals surface area (Å²) in [6.07, 6.45) is 0.919. The number of aliphatic carboxylic acids is 1. The van der Waals surface area contributed by atoms with Crippen LogP contribution in [0.1, 0.15) is 31.7 Å². The van der Waals surface area contributed by atoms with Crippen LogP contribution in [-0.2, 0) is 11.3 Å². The van der Waals surface area contributed by atoms with Gasteiger partial charge < -0.3 is 14.9 Å². The van der Waals surface area contributed by atoms with E-state index >= 15 is 0 Å². The Morgan fingerprint density at radius 2 is 2.18 bits per heavy atom. The zero-order valence-electron chi connectivity index (χ0n) is 13.3. The van der Waals surface area contributed by atoms with Crippen molar-refractivity contribution < 1.29 is 19.7 Å². The fraction of sp³-hybridized carbons (Fsp3) is 0.588. The van der Waals surface area contributed by atoms with Crippen molar-refractivity contribution in [2.45, 2.75) is 38.8 Å². The fourth-order valence-electron chi connectivity index (χ4n) is 3.35. The molecular formula is C17H25NO4. The van der Waals surface area contributed by atoms with Crippen LogP contribution in [0, 0.1) is 5.41 Å². The minimum absolute atomic E-state index is 0.379. The number of hydrogen-bond acceptors (Lipinski definition) is 4. The van der Waals surface area contributed by atoms with Crippen LogP contribution in [0.5, 0.6) is 5.75 Å². The molecule has 0 unspecified atom stereocenters. The van der Waals surface area contributed by atoms with E-state index in [9.17, 15) is 15.0 Å². The molecule has 1 aromatic rings. The summed E-state index contributed by atoms with van der Waals surface area (Å²) >= 11 is 0. The molecule has 0 aliphatic carbocycles. The van der Waals surface area contributed by atoms with Gasteiger partial charge >= 0.3 is 5.97 Å². The predicted octanol–water partition coefficient (Wildman–Crippen LogP) is 2.13. The Kier molecular flexibility index (Phi) is 5.42. The van der Waals surface area contributed by atoms with Crippen molar-refractivity contribution >= 4 is 5.97 Å². The summed E-state index contributed by atoms with van der Waals surface area (Å²) in [4.78, 5) is 13.7. The number of hydrogen-bond donors (Lipinski definition) is 2. The average Bonchev–Trinajstić information content (AvgIpc) is 2.50. The first-order valence-electron chi connectivity index (χ1n) is 7.79. The van der Waals surface area contributed by atoms with Crippen molar-refractivity contribution in [1.29, 1.82) is 0 Å². The van der Waals surface area contributed by atoms with Gasteiger partial charge in [-0.05, 0) is 25.5 Å². The summed E-state index contributed by atoms with van der Waals surface area (Å²) in [5.41, 5.74) is 0.0574. The van der Waals surface area contributed by atoms with E-state index < -0.39 is 17.5 Å². The van der Waals surface area contributed by atoms with Gasteiger partial charge in [-0.3, -0.25) is 9.69 Å². The third-order valence-corrected chi connectivity index (χ3v) is 4.65. The highest BCUT2D eigenvalue weighted by atomic mass is 16.5.